The van der Waals surface area contributed by atoms with Crippen LogP contribution in [0.4, 0.5) is 13.2 Å². The lowest BCUT2D eigenvalue weighted by atomic mass is 10.2. The van der Waals surface area contributed by atoms with Crippen molar-refractivity contribution in [3.63, 3.8) is 0 Å². The zero-order valence-electron chi connectivity index (χ0n) is 8.53. The summed E-state index contributed by atoms with van der Waals surface area (Å²) in [5.41, 5.74) is 0.339. The molecule has 0 N–H and O–H groups in total. The first-order chi connectivity index (χ1) is 6.83. The van der Waals surface area contributed by atoms with E-state index in [9.17, 15) is 13.2 Å². The van der Waals surface area contributed by atoms with Gasteiger partial charge in [-0.2, -0.15) is 13.2 Å². The van der Waals surface area contributed by atoms with Crippen LogP contribution in [0.3, 0.4) is 0 Å². The van der Waals surface area contributed by atoms with Gasteiger partial charge >= 0.3 is 5.80 Å². The maximum absolute atomic E-state index is 12.9. The monoisotopic (exact) mass is 252 g/mol. The highest BCUT2D eigenvalue weighted by atomic mass is 35.5. The summed E-state index contributed by atoms with van der Waals surface area (Å²) in [4.78, 5) is 0. The molecule has 0 saturated heterocycles. The van der Waals surface area contributed by atoms with Crippen molar-refractivity contribution in [2.24, 2.45) is 0 Å². The predicted molar refractivity (Wildman–Crippen MR) is 59.2 cm³/mol. The summed E-state index contributed by atoms with van der Waals surface area (Å²) in [6.45, 7) is 2.96. The standard InChI is InChI=1S/C10H12ClF3Si/c1-8-5-3-4-6-9(8)15(2,7-11)10(12,13)14/h3-6H,7H2,1-2H3. The van der Waals surface area contributed by atoms with Gasteiger partial charge in [0, 0.05) is 5.50 Å². The van der Waals surface area contributed by atoms with Gasteiger partial charge in [-0.3, -0.25) is 0 Å². The largest absolute Gasteiger partial charge is 0.367 e. The van der Waals surface area contributed by atoms with Gasteiger partial charge in [0.2, 0.25) is 8.07 Å². The lowest BCUT2D eigenvalue weighted by molar-refractivity contribution is -0.0541. The van der Waals surface area contributed by atoms with E-state index in [1.54, 1.807) is 25.1 Å². The lowest BCUT2D eigenvalue weighted by Gasteiger charge is -2.29. The third kappa shape index (κ3) is 2.20. The van der Waals surface area contributed by atoms with E-state index in [-0.39, 0.29) is 5.50 Å². The van der Waals surface area contributed by atoms with E-state index >= 15 is 0 Å². The molecule has 5 heteroatoms. The normalized spacial score (nSPS) is 16.1. The van der Waals surface area contributed by atoms with E-state index in [4.69, 9.17) is 11.6 Å². The molecule has 0 heterocycles. The van der Waals surface area contributed by atoms with Crippen molar-refractivity contribution in [1.82, 2.24) is 0 Å². The fraction of sp³-hybridized carbons (Fsp3) is 0.400. The third-order valence-corrected chi connectivity index (χ3v) is 7.77. The first-order valence-electron chi connectivity index (χ1n) is 4.52. The van der Waals surface area contributed by atoms with Crippen LogP contribution < -0.4 is 5.19 Å². The van der Waals surface area contributed by atoms with E-state index in [1.165, 1.54) is 12.6 Å². The van der Waals surface area contributed by atoms with Crippen LogP contribution in [-0.4, -0.2) is 19.4 Å². The smallest absolute Gasteiger partial charge is 0.176 e. The molecule has 0 aliphatic heterocycles. The molecule has 0 amide bonds. The van der Waals surface area contributed by atoms with Gasteiger partial charge < -0.3 is 0 Å². The van der Waals surface area contributed by atoms with Crippen LogP contribution in [0.5, 0.6) is 0 Å². The van der Waals surface area contributed by atoms with Gasteiger partial charge in [-0.05, 0) is 12.1 Å². The Kier molecular flexibility index (Phi) is 3.50. The second-order valence-corrected chi connectivity index (χ2v) is 8.62. The minimum Gasteiger partial charge on any atom is -0.176 e. The number of benzene rings is 1. The predicted octanol–water partition coefficient (Wildman–Crippen LogP) is 3.16. The summed E-state index contributed by atoms with van der Waals surface area (Å²) in [6, 6.07) is 6.60. The first kappa shape index (κ1) is 12.6. The van der Waals surface area contributed by atoms with Crippen LogP contribution >= 0.6 is 11.6 Å². The molecule has 0 saturated carbocycles. The van der Waals surface area contributed by atoms with E-state index in [2.05, 4.69) is 0 Å². The van der Waals surface area contributed by atoms with Gasteiger partial charge in [0.25, 0.3) is 0 Å². The minimum absolute atomic E-state index is 0.332. The SMILES string of the molecule is Cc1ccccc1[Si](C)(CCl)C(F)(F)F. The molecule has 0 spiro atoms. The van der Waals surface area contributed by atoms with Crippen molar-refractivity contribution < 1.29 is 13.2 Å². The Morgan fingerprint density at radius 2 is 1.80 bits per heavy atom. The van der Waals surface area contributed by atoms with Gasteiger partial charge in [0.05, 0.1) is 0 Å². The highest BCUT2D eigenvalue weighted by Gasteiger charge is 2.54. The Morgan fingerprint density at radius 3 is 2.20 bits per heavy atom. The molecule has 1 unspecified atom stereocenters. The quantitative estimate of drug-likeness (QED) is 0.560. The number of alkyl halides is 4. The second-order valence-electron chi connectivity index (χ2n) is 3.78. The van der Waals surface area contributed by atoms with Crippen LogP contribution in [0.15, 0.2) is 24.3 Å². The van der Waals surface area contributed by atoms with E-state index in [1.807, 2.05) is 0 Å². The molecule has 0 aliphatic rings. The summed E-state index contributed by atoms with van der Waals surface area (Å²) in [5.74, 6) is -4.19. The van der Waals surface area contributed by atoms with Crippen molar-refractivity contribution in [1.29, 1.82) is 0 Å². The summed E-state index contributed by atoms with van der Waals surface area (Å²) >= 11 is 5.54. The van der Waals surface area contributed by atoms with Crippen molar-refractivity contribution >= 4 is 24.9 Å². The summed E-state index contributed by atoms with van der Waals surface area (Å²) in [5, 5.41) is 0.382. The van der Waals surface area contributed by atoms with Crippen molar-refractivity contribution in [2.75, 3.05) is 5.50 Å². The Labute approximate surface area is 93.1 Å². The number of hydrogen-bond acceptors (Lipinski definition) is 0. The maximum atomic E-state index is 12.9. The second kappa shape index (κ2) is 4.18. The van der Waals surface area contributed by atoms with Gasteiger partial charge in [-0.1, -0.05) is 36.4 Å². The zero-order valence-corrected chi connectivity index (χ0v) is 10.3. The molecule has 0 aromatic heterocycles. The van der Waals surface area contributed by atoms with E-state index in [0.29, 0.717) is 10.8 Å². The minimum atomic E-state index is -4.19. The molecule has 0 fully saturated rings. The number of rotatable bonds is 2. The molecule has 84 valence electrons. The van der Waals surface area contributed by atoms with E-state index < -0.39 is 13.9 Å². The third-order valence-electron chi connectivity index (χ3n) is 2.63. The average Bonchev–Trinajstić information content (AvgIpc) is 2.15. The Hall–Kier alpha value is -0.483. The fourth-order valence-electron chi connectivity index (χ4n) is 1.49. The lowest BCUT2D eigenvalue weighted by Crippen LogP contribution is -2.60. The first-order valence-corrected chi connectivity index (χ1v) is 7.76. The summed E-state index contributed by atoms with van der Waals surface area (Å²) in [7, 11) is -3.58. The highest BCUT2D eigenvalue weighted by molar-refractivity contribution is 6.96. The Morgan fingerprint density at radius 1 is 1.27 bits per heavy atom. The molecule has 1 aromatic carbocycles. The van der Waals surface area contributed by atoms with Crippen molar-refractivity contribution in [3.8, 4) is 0 Å². The van der Waals surface area contributed by atoms with E-state index in [0.717, 1.165) is 0 Å². The molecular formula is C10H12ClF3Si. The topological polar surface area (TPSA) is 0 Å². The number of halogens is 4. The Balaban J connectivity index is 3.30. The molecule has 0 aliphatic carbocycles. The summed E-state index contributed by atoms with van der Waals surface area (Å²) in [6.07, 6.45) is 0. The number of hydrogen-bond donors (Lipinski definition) is 0. The molecule has 1 aromatic rings. The molecule has 1 atom stereocenters. The van der Waals surface area contributed by atoms with Gasteiger partial charge in [0.15, 0.2) is 0 Å². The average molecular weight is 253 g/mol. The van der Waals surface area contributed by atoms with Crippen LogP contribution in [0.1, 0.15) is 5.56 Å². The summed E-state index contributed by atoms with van der Waals surface area (Å²) < 4.78 is 38.8. The van der Waals surface area contributed by atoms with Crippen molar-refractivity contribution in [2.45, 2.75) is 19.3 Å². The molecule has 0 radical (unpaired) electrons. The van der Waals surface area contributed by atoms with Crippen LogP contribution in [0, 0.1) is 6.92 Å². The maximum Gasteiger partial charge on any atom is 0.367 e. The van der Waals surface area contributed by atoms with Crippen LogP contribution in [0.2, 0.25) is 6.55 Å². The van der Waals surface area contributed by atoms with Crippen LogP contribution in [-0.2, 0) is 0 Å². The van der Waals surface area contributed by atoms with Gasteiger partial charge in [-0.25, -0.2) is 0 Å². The van der Waals surface area contributed by atoms with Crippen molar-refractivity contribution in [3.05, 3.63) is 29.8 Å². The molecule has 1 rings (SSSR count). The molecule has 0 nitrogen and oxygen atoms in total. The highest BCUT2D eigenvalue weighted by Crippen LogP contribution is 2.30. The molecule has 0 bridgehead atoms. The molecular weight excluding hydrogens is 241 g/mol. The fourth-order valence-corrected chi connectivity index (χ4v) is 4.40. The number of aryl methyl sites for hydroxylation is 1. The van der Waals surface area contributed by atoms with Crippen LogP contribution in [0.25, 0.3) is 0 Å². The Bertz CT molecular complexity index is 351. The van der Waals surface area contributed by atoms with Gasteiger partial charge in [0.1, 0.15) is 0 Å². The molecule has 15 heavy (non-hydrogen) atoms. The van der Waals surface area contributed by atoms with Gasteiger partial charge in [-0.15, -0.1) is 11.6 Å². The zero-order chi connectivity index (χ0) is 11.7.